The van der Waals surface area contributed by atoms with E-state index < -0.39 is 35.2 Å². The Balaban J connectivity index is 1.16. The molecule has 1 saturated carbocycles. The molecule has 0 bridgehead atoms. The Labute approximate surface area is 264 Å². The van der Waals surface area contributed by atoms with Crippen molar-refractivity contribution in [2.24, 2.45) is 17.8 Å². The summed E-state index contributed by atoms with van der Waals surface area (Å²) in [6.45, 7) is 4.96. The quantitative estimate of drug-likeness (QED) is 0.252. The smallest absolute Gasteiger partial charge is 0.416 e. The van der Waals surface area contributed by atoms with Gasteiger partial charge in [0.25, 0.3) is 5.92 Å². The molecule has 9 heteroatoms. The van der Waals surface area contributed by atoms with Crippen molar-refractivity contribution in [3.05, 3.63) is 70.8 Å². The van der Waals surface area contributed by atoms with Gasteiger partial charge < -0.3 is 10.0 Å². The molecule has 2 aromatic rings. The van der Waals surface area contributed by atoms with E-state index in [2.05, 4.69) is 34.1 Å². The lowest BCUT2D eigenvalue weighted by Gasteiger charge is -2.35. The first-order valence-electron chi connectivity index (χ1n) is 16.7. The van der Waals surface area contributed by atoms with Crippen LogP contribution in [-0.2, 0) is 23.3 Å². The number of likely N-dealkylation sites (tertiary alicyclic amines) is 2. The molecule has 2 aromatic carbocycles. The predicted molar refractivity (Wildman–Crippen MR) is 165 cm³/mol. The van der Waals surface area contributed by atoms with Crippen molar-refractivity contribution in [3.8, 4) is 0 Å². The molecule has 1 N–H and O–H groups in total. The summed E-state index contributed by atoms with van der Waals surface area (Å²) in [5.74, 6) is -2.75. The van der Waals surface area contributed by atoms with E-state index in [1.54, 1.807) is 0 Å². The highest BCUT2D eigenvalue weighted by molar-refractivity contribution is 5.74. The van der Waals surface area contributed by atoms with E-state index in [1.165, 1.54) is 18.1 Å². The summed E-state index contributed by atoms with van der Waals surface area (Å²) < 4.78 is 67.9. The predicted octanol–water partition coefficient (Wildman–Crippen LogP) is 8.60. The Bertz CT molecular complexity index is 1220. The molecule has 3 aliphatic rings. The number of halogens is 5. The van der Waals surface area contributed by atoms with E-state index in [4.69, 9.17) is 0 Å². The van der Waals surface area contributed by atoms with Crippen molar-refractivity contribution < 1.29 is 31.9 Å². The van der Waals surface area contributed by atoms with Gasteiger partial charge in [-0.05, 0) is 98.7 Å². The number of aliphatic carboxylic acids is 1. The lowest BCUT2D eigenvalue weighted by Crippen LogP contribution is -2.46. The van der Waals surface area contributed by atoms with Gasteiger partial charge in [-0.2, -0.15) is 13.2 Å². The van der Waals surface area contributed by atoms with Crippen LogP contribution < -0.4 is 0 Å². The van der Waals surface area contributed by atoms with Gasteiger partial charge in [-0.15, -0.1) is 0 Å². The van der Waals surface area contributed by atoms with Crippen molar-refractivity contribution in [3.63, 3.8) is 0 Å². The first-order valence-corrected chi connectivity index (χ1v) is 16.7. The van der Waals surface area contributed by atoms with Crippen LogP contribution in [-0.4, -0.2) is 59.6 Å². The van der Waals surface area contributed by atoms with Gasteiger partial charge in [-0.25, -0.2) is 8.78 Å². The monoisotopic (exact) mass is 634 g/mol. The van der Waals surface area contributed by atoms with E-state index in [-0.39, 0.29) is 11.8 Å². The van der Waals surface area contributed by atoms with Crippen LogP contribution in [0.1, 0.15) is 92.9 Å². The average Bonchev–Trinajstić information content (AvgIpc) is 3.40. The molecule has 1 aliphatic carbocycles. The zero-order chi connectivity index (χ0) is 32.2. The Kier molecular flexibility index (Phi) is 10.9. The standard InChI is InChI=1S/C36H47F5N2O2/c1-35(37,38)30-19-26(20-31(21-30)36(39,40)41)10-8-9-25-15-17-42(18-16-25)22-29-23-43(24-32(29)27-11-4-2-5-12-27)33(34(44)45)28-13-6-3-7-14-28/h2,4-5,11-12,19-21,25,28-29,32-33H,3,6-10,13-18,22-24H2,1H3,(H,44,45)/t29-,32+,33+/m0/s1. The van der Waals surface area contributed by atoms with E-state index in [1.807, 2.05) is 6.07 Å². The molecule has 0 radical (unpaired) electrons. The maximum atomic E-state index is 13.9. The van der Waals surface area contributed by atoms with E-state index >= 15 is 0 Å². The molecule has 0 unspecified atom stereocenters. The first kappa shape index (κ1) is 33.8. The van der Waals surface area contributed by atoms with Crippen molar-refractivity contribution >= 4 is 5.97 Å². The molecular formula is C36H47F5N2O2. The van der Waals surface area contributed by atoms with Gasteiger partial charge in [0.2, 0.25) is 0 Å². The third-order valence-corrected chi connectivity index (χ3v) is 10.5. The van der Waals surface area contributed by atoms with Crippen molar-refractivity contribution in [1.82, 2.24) is 9.80 Å². The van der Waals surface area contributed by atoms with Crippen LogP contribution in [0.3, 0.4) is 0 Å². The van der Waals surface area contributed by atoms with E-state index in [0.717, 1.165) is 83.7 Å². The normalized spacial score (nSPS) is 23.8. The SMILES string of the molecule is CC(F)(F)c1cc(CCCC2CCN(C[C@H]3CN([C@@H](C(=O)O)C4CCCCC4)C[C@@H]3c3ccccc3)CC2)cc(C(F)(F)F)c1. The molecule has 3 fully saturated rings. The molecular weight excluding hydrogens is 587 g/mol. The lowest BCUT2D eigenvalue weighted by molar-refractivity contribution is -0.145. The van der Waals surface area contributed by atoms with Crippen LogP contribution >= 0.6 is 0 Å². The number of hydrogen-bond donors (Lipinski definition) is 1. The zero-order valence-corrected chi connectivity index (χ0v) is 26.3. The van der Waals surface area contributed by atoms with Crippen LogP contribution in [0, 0.1) is 17.8 Å². The van der Waals surface area contributed by atoms with Gasteiger partial charge in [0.1, 0.15) is 6.04 Å². The van der Waals surface area contributed by atoms with Crippen LogP contribution in [0.2, 0.25) is 0 Å². The molecule has 0 amide bonds. The third-order valence-electron chi connectivity index (χ3n) is 10.5. The molecule has 4 nitrogen and oxygen atoms in total. The highest BCUT2D eigenvalue weighted by Gasteiger charge is 2.43. The number of alkyl halides is 5. The van der Waals surface area contributed by atoms with Gasteiger partial charge in [-0.3, -0.25) is 9.69 Å². The number of piperidine rings is 1. The minimum Gasteiger partial charge on any atom is -0.480 e. The molecule has 45 heavy (non-hydrogen) atoms. The summed E-state index contributed by atoms with van der Waals surface area (Å²) in [4.78, 5) is 17.3. The van der Waals surface area contributed by atoms with Crippen LogP contribution in [0.15, 0.2) is 48.5 Å². The molecule has 5 rings (SSSR count). The van der Waals surface area contributed by atoms with Gasteiger partial charge >= 0.3 is 12.1 Å². The molecule has 0 aromatic heterocycles. The van der Waals surface area contributed by atoms with E-state index in [0.29, 0.717) is 43.2 Å². The minimum absolute atomic E-state index is 0.211. The summed E-state index contributed by atoms with van der Waals surface area (Å²) in [6.07, 6.45) is 4.57. The van der Waals surface area contributed by atoms with Gasteiger partial charge in [-0.1, -0.05) is 56.0 Å². The summed E-state index contributed by atoms with van der Waals surface area (Å²) in [6, 6.07) is 12.8. The first-order chi connectivity index (χ1) is 21.4. The summed E-state index contributed by atoms with van der Waals surface area (Å²) in [7, 11) is 0. The largest absolute Gasteiger partial charge is 0.480 e. The Morgan fingerprint density at radius 3 is 2.20 bits per heavy atom. The molecule has 3 atom stereocenters. The summed E-state index contributed by atoms with van der Waals surface area (Å²) >= 11 is 0. The second kappa shape index (κ2) is 14.5. The van der Waals surface area contributed by atoms with Gasteiger partial charge in [0.15, 0.2) is 0 Å². The van der Waals surface area contributed by atoms with Crippen molar-refractivity contribution in [2.45, 2.75) is 95.2 Å². The number of nitrogens with zero attached hydrogens (tertiary/aromatic N) is 2. The number of rotatable bonds is 11. The van der Waals surface area contributed by atoms with Crippen LogP contribution in [0.4, 0.5) is 22.0 Å². The number of benzene rings is 2. The zero-order valence-electron chi connectivity index (χ0n) is 26.3. The summed E-state index contributed by atoms with van der Waals surface area (Å²) in [5, 5.41) is 10.3. The molecule has 248 valence electrons. The molecule has 0 spiro atoms. The molecule has 2 saturated heterocycles. The minimum atomic E-state index is -4.66. The fraction of sp³-hybridized carbons (Fsp3) is 0.639. The third kappa shape index (κ3) is 8.85. The number of carboxylic acids is 1. The van der Waals surface area contributed by atoms with E-state index in [9.17, 15) is 31.9 Å². The fourth-order valence-electron chi connectivity index (χ4n) is 8.14. The number of aryl methyl sites for hydroxylation is 1. The Morgan fingerprint density at radius 1 is 0.911 bits per heavy atom. The number of hydrogen-bond acceptors (Lipinski definition) is 3. The maximum absolute atomic E-state index is 13.9. The van der Waals surface area contributed by atoms with Crippen molar-refractivity contribution in [2.75, 3.05) is 32.7 Å². The molecule has 2 heterocycles. The van der Waals surface area contributed by atoms with Crippen molar-refractivity contribution in [1.29, 1.82) is 0 Å². The van der Waals surface area contributed by atoms with Crippen LogP contribution in [0.5, 0.6) is 0 Å². The highest BCUT2D eigenvalue weighted by Crippen LogP contribution is 2.39. The Morgan fingerprint density at radius 2 is 1.58 bits per heavy atom. The average molecular weight is 635 g/mol. The number of carbonyl (C=O) groups is 1. The van der Waals surface area contributed by atoms with Crippen LogP contribution in [0.25, 0.3) is 0 Å². The van der Waals surface area contributed by atoms with Gasteiger partial charge in [0, 0.05) is 38.0 Å². The number of carboxylic acid groups (broad SMARTS) is 1. The highest BCUT2D eigenvalue weighted by atomic mass is 19.4. The second-order valence-corrected chi connectivity index (χ2v) is 13.9. The molecule has 2 aliphatic heterocycles. The Hall–Kier alpha value is -2.52. The topological polar surface area (TPSA) is 43.8 Å². The summed E-state index contributed by atoms with van der Waals surface area (Å²) in [5.41, 5.74) is -0.0263. The maximum Gasteiger partial charge on any atom is 0.416 e. The second-order valence-electron chi connectivity index (χ2n) is 13.9. The fourth-order valence-corrected chi connectivity index (χ4v) is 8.14. The van der Waals surface area contributed by atoms with Gasteiger partial charge in [0.05, 0.1) is 5.56 Å². The lowest BCUT2D eigenvalue weighted by atomic mass is 9.83.